The van der Waals surface area contributed by atoms with Crippen molar-refractivity contribution < 1.29 is 134 Å². The summed E-state index contributed by atoms with van der Waals surface area (Å²) in [5.41, 5.74) is 0. The molecule has 36 heteroatoms. The minimum atomic E-state index is -4.27. The van der Waals surface area contributed by atoms with E-state index in [1.807, 2.05) is 6.92 Å². The monoisotopic (exact) mass is 1260 g/mol. The summed E-state index contributed by atoms with van der Waals surface area (Å²) in [6.07, 6.45) is 2.80. The number of hydroxylamine groups is 4. The lowest BCUT2D eigenvalue weighted by atomic mass is 10.1. The number of phosphoric ester groups is 2. The number of carbonyl (C=O) groups excluding carboxylic acids is 6. The van der Waals surface area contributed by atoms with Gasteiger partial charge in [-0.05, 0) is 83.2 Å². The van der Waals surface area contributed by atoms with Crippen molar-refractivity contribution in [2.45, 2.75) is 135 Å². The van der Waals surface area contributed by atoms with Gasteiger partial charge in [-0.1, -0.05) is 6.92 Å². The number of nitrogens with zero attached hydrogens (tertiary/aromatic N) is 2. The molecule has 0 aromatic carbocycles. The molecule has 0 saturated carbocycles. The van der Waals surface area contributed by atoms with Crippen LogP contribution in [0.2, 0.25) is 0 Å². The van der Waals surface area contributed by atoms with E-state index in [1.54, 1.807) is 0 Å². The third-order valence-electron chi connectivity index (χ3n) is 11.3. The predicted molar refractivity (Wildman–Crippen MR) is 286 cm³/mol. The highest BCUT2D eigenvalue weighted by atomic mass is 31.2. The lowest BCUT2D eigenvalue weighted by molar-refractivity contribution is -0.336. The largest absolute Gasteiger partial charge is 0.472 e. The van der Waals surface area contributed by atoms with Crippen LogP contribution in [0.3, 0.4) is 0 Å². The molecule has 2 fully saturated rings. The number of hydrogen-bond donors (Lipinski definition) is 10. The quantitative estimate of drug-likeness (QED) is 0.0157. The van der Waals surface area contributed by atoms with E-state index in [9.17, 15) is 68.1 Å². The van der Waals surface area contributed by atoms with Gasteiger partial charge in [0.2, 0.25) is 24.6 Å². The van der Waals surface area contributed by atoms with Crippen LogP contribution in [0.1, 0.15) is 110 Å². The Morgan fingerprint density at radius 2 is 0.738 bits per heavy atom. The number of phosphoric acid groups is 2. The Kier molecular flexibility index (Phi) is 43.8. The van der Waals surface area contributed by atoms with Gasteiger partial charge >= 0.3 is 15.6 Å². The maximum Gasteiger partial charge on any atom is 0.472 e. The number of unbranched alkanes of at least 4 members (excludes halogenated alkanes) is 6. The fourth-order valence-electron chi connectivity index (χ4n) is 6.86. The highest BCUT2D eigenvalue weighted by Gasteiger charge is 2.33. The average Bonchev–Trinajstić information content (AvgIpc) is 4.01. The highest BCUT2D eigenvalue weighted by Crippen LogP contribution is 2.44. The number of imide groups is 2. The number of nitrogens with one attached hydrogen (secondary N) is 4. The third-order valence-corrected chi connectivity index (χ3v) is 13.4. The van der Waals surface area contributed by atoms with Gasteiger partial charge in [-0.3, -0.25) is 57.5 Å². The Morgan fingerprint density at radius 3 is 1.07 bits per heavy atom. The van der Waals surface area contributed by atoms with Gasteiger partial charge in [-0.2, -0.15) is 0 Å². The van der Waals surface area contributed by atoms with Crippen molar-refractivity contribution in [2.75, 3.05) is 132 Å². The normalized spacial score (nSPS) is 17.1. The summed E-state index contributed by atoms with van der Waals surface area (Å²) in [4.78, 5) is 99.8. The van der Waals surface area contributed by atoms with Crippen molar-refractivity contribution in [3.05, 3.63) is 0 Å². The van der Waals surface area contributed by atoms with Crippen LogP contribution in [0.15, 0.2) is 0 Å². The number of ether oxygens (including phenoxy) is 8. The number of aliphatic hydroxyl groups excluding tert-OH is 4. The van der Waals surface area contributed by atoms with Crippen molar-refractivity contribution in [2.24, 2.45) is 5.92 Å². The zero-order chi connectivity index (χ0) is 61.7. The topological polar surface area (TPSA) is 442 Å². The molecule has 2 rings (SSSR count). The number of amides is 6. The molecule has 2 aliphatic heterocycles. The molecule has 0 radical (unpaired) electrons. The Hall–Kier alpha value is -3.20. The average molecular weight is 1260 g/mol. The SMILES string of the molecule is CC(CNC(=O)CCCCOP(=O)(O)OCCCCCN[C@@H](O)OCCOCCOCCO[C@H](O)ON1C(=O)CCC1=O)CNC(=O)CCCCOP(=O)(O)OCCCCCN[C@@H](O)OCCOCCOCCO[C@H](O)ON1C(=O)CCC1=O. The number of aliphatic hydroxyl groups is 4. The van der Waals surface area contributed by atoms with Crippen molar-refractivity contribution >= 4 is 51.1 Å². The van der Waals surface area contributed by atoms with Gasteiger partial charge in [-0.15, -0.1) is 10.1 Å². The van der Waals surface area contributed by atoms with Crippen LogP contribution in [-0.4, -0.2) is 233 Å². The van der Waals surface area contributed by atoms with E-state index in [0.717, 1.165) is 0 Å². The van der Waals surface area contributed by atoms with E-state index in [1.165, 1.54) is 0 Å². The summed E-state index contributed by atoms with van der Waals surface area (Å²) in [7, 11) is -8.55. The Balaban J connectivity index is 1.29. The van der Waals surface area contributed by atoms with Gasteiger partial charge in [0, 0.05) is 51.6 Å². The first-order valence-electron chi connectivity index (χ1n) is 28.1. The van der Waals surface area contributed by atoms with Crippen LogP contribution in [0.5, 0.6) is 0 Å². The van der Waals surface area contributed by atoms with Crippen molar-refractivity contribution in [1.29, 1.82) is 0 Å². The molecule has 2 saturated heterocycles. The molecule has 2 heterocycles. The Morgan fingerprint density at radius 1 is 0.440 bits per heavy atom. The second-order valence-corrected chi connectivity index (χ2v) is 21.5. The van der Waals surface area contributed by atoms with Crippen LogP contribution >= 0.6 is 15.6 Å². The molecule has 0 aromatic heterocycles. The second kappa shape index (κ2) is 47.8. The van der Waals surface area contributed by atoms with Crippen molar-refractivity contribution in [3.8, 4) is 0 Å². The standard InChI is InChI=1S/C48H90N6O28P2/c1-38(36-51-39(55)12-4-10-22-79-83(65,66)77-20-8-2-6-18-49-45(61)73-32-28-69-24-26-71-30-34-75-47(63)81-53-41(57)14-15-42(53)58)37-52-40(56)13-5-11-23-80-84(67,68)78-21-9-3-7-19-50-46(62)74-33-29-70-25-27-72-31-35-76-48(64)82-54-43(59)16-17-44(54)60/h38,45-50,61-64H,2-37H2,1H3,(H,51,55)(H,52,56)(H,65,66)(H,67,68)/t45-,46-,47-,48-/m0/s1. The van der Waals surface area contributed by atoms with Gasteiger partial charge in [0.25, 0.3) is 36.6 Å². The highest BCUT2D eigenvalue weighted by molar-refractivity contribution is 7.47. The molecule has 2 aliphatic rings. The summed E-state index contributed by atoms with van der Waals surface area (Å²) in [6.45, 7) is 0.952. The van der Waals surface area contributed by atoms with E-state index in [0.29, 0.717) is 101 Å². The molecular formula is C48H90N6O28P2. The molecule has 2 unspecified atom stereocenters. The van der Waals surface area contributed by atoms with Gasteiger partial charge < -0.3 is 78.7 Å². The molecule has 34 nitrogen and oxygen atoms in total. The van der Waals surface area contributed by atoms with E-state index in [2.05, 4.69) is 21.3 Å². The Bertz CT molecular complexity index is 1760. The van der Waals surface area contributed by atoms with Crippen molar-refractivity contribution in [1.82, 2.24) is 31.4 Å². The fraction of sp³-hybridized carbons (Fsp3) is 0.875. The number of rotatable bonds is 58. The molecule has 0 spiro atoms. The summed E-state index contributed by atoms with van der Waals surface area (Å²) >= 11 is 0. The van der Waals surface area contributed by atoms with E-state index in [4.69, 9.17) is 65.7 Å². The first kappa shape index (κ1) is 76.9. The predicted octanol–water partition coefficient (Wildman–Crippen LogP) is -0.620. The molecule has 6 amide bonds. The van der Waals surface area contributed by atoms with Crippen LogP contribution in [0.4, 0.5) is 0 Å². The van der Waals surface area contributed by atoms with Crippen LogP contribution in [0, 0.1) is 5.92 Å². The lowest BCUT2D eigenvalue weighted by Crippen LogP contribution is -2.35. The maximum absolute atomic E-state index is 12.3. The molecule has 84 heavy (non-hydrogen) atoms. The van der Waals surface area contributed by atoms with Gasteiger partial charge in [0.05, 0.1) is 106 Å². The molecule has 0 aliphatic carbocycles. The summed E-state index contributed by atoms with van der Waals surface area (Å²) < 4.78 is 85.9. The first-order chi connectivity index (χ1) is 40.3. The van der Waals surface area contributed by atoms with Gasteiger partial charge in [0.15, 0.2) is 0 Å². The molecule has 0 aromatic rings. The van der Waals surface area contributed by atoms with E-state index >= 15 is 0 Å². The van der Waals surface area contributed by atoms with Crippen LogP contribution in [-0.2, 0) is 104 Å². The fourth-order valence-corrected chi connectivity index (χ4v) is 8.44. The van der Waals surface area contributed by atoms with E-state index < -0.39 is 65.1 Å². The van der Waals surface area contributed by atoms with Gasteiger partial charge in [0.1, 0.15) is 0 Å². The third kappa shape index (κ3) is 41.8. The molecule has 10 N–H and O–H groups in total. The van der Waals surface area contributed by atoms with E-state index in [-0.39, 0.29) is 162 Å². The summed E-state index contributed by atoms with van der Waals surface area (Å²) in [6, 6.07) is 0. The molecular weight excluding hydrogens is 1170 g/mol. The minimum absolute atomic E-state index is 0.0142. The van der Waals surface area contributed by atoms with Crippen LogP contribution < -0.4 is 21.3 Å². The minimum Gasteiger partial charge on any atom is -0.377 e. The zero-order valence-corrected chi connectivity index (χ0v) is 49.6. The van der Waals surface area contributed by atoms with Gasteiger partial charge in [-0.25, -0.2) is 18.8 Å². The molecule has 490 valence electrons. The Labute approximate surface area is 488 Å². The smallest absolute Gasteiger partial charge is 0.377 e. The zero-order valence-electron chi connectivity index (χ0n) is 47.8. The van der Waals surface area contributed by atoms with Crippen molar-refractivity contribution in [3.63, 3.8) is 0 Å². The maximum atomic E-state index is 12.3. The molecule has 0 bridgehead atoms. The second-order valence-electron chi connectivity index (χ2n) is 18.6. The number of hydrogen-bond acceptors (Lipinski definition) is 28. The molecule has 6 atom stereocenters. The summed E-state index contributed by atoms with van der Waals surface area (Å²) in [5, 5.41) is 51.1. The van der Waals surface area contributed by atoms with Crippen LogP contribution in [0.25, 0.3) is 0 Å². The lowest BCUT2D eigenvalue weighted by Gasteiger charge is -2.18. The summed E-state index contributed by atoms with van der Waals surface area (Å²) in [5.74, 6) is -2.74. The number of carbonyl (C=O) groups is 6. The first-order valence-corrected chi connectivity index (χ1v) is 31.0.